The topological polar surface area (TPSA) is 39.1 Å². The molecule has 0 fully saturated rings. The molecule has 4 nitrogen and oxygen atoms in total. The number of hydrogen-bond acceptors (Lipinski definition) is 3. The van der Waals surface area contributed by atoms with Gasteiger partial charge in [-0.2, -0.15) is 5.10 Å². The molecule has 0 amide bonds. The van der Waals surface area contributed by atoms with Gasteiger partial charge in [-0.05, 0) is 27.8 Å². The monoisotopic (exact) mass is 259 g/mol. The van der Waals surface area contributed by atoms with Crippen molar-refractivity contribution < 1.29 is 4.74 Å². The molecular formula is C12H22ClN3O. The molecule has 0 spiro atoms. The summed E-state index contributed by atoms with van der Waals surface area (Å²) in [5.74, 6) is 0. The van der Waals surface area contributed by atoms with Crippen molar-refractivity contribution in [1.29, 1.82) is 0 Å². The maximum atomic E-state index is 6.24. The number of aromatic nitrogens is 2. The average Bonchev–Trinajstić information content (AvgIpc) is 2.51. The van der Waals surface area contributed by atoms with Gasteiger partial charge >= 0.3 is 0 Å². The molecule has 0 saturated carbocycles. The Hall–Kier alpha value is -0.580. The van der Waals surface area contributed by atoms with E-state index >= 15 is 0 Å². The fraction of sp³-hybridized carbons (Fsp3) is 0.750. The molecule has 0 bridgehead atoms. The minimum Gasteiger partial charge on any atom is -0.377 e. The summed E-state index contributed by atoms with van der Waals surface area (Å²) < 4.78 is 7.47. The van der Waals surface area contributed by atoms with Crippen molar-refractivity contribution in [3.05, 3.63) is 16.4 Å². The SMILES string of the molecule is CCOC(C)C(Cc1c(Cl)c(C)nn1C)NC. The Balaban J connectivity index is 2.80. The van der Waals surface area contributed by atoms with Gasteiger partial charge in [0, 0.05) is 26.1 Å². The maximum Gasteiger partial charge on any atom is 0.0847 e. The molecule has 17 heavy (non-hydrogen) atoms. The van der Waals surface area contributed by atoms with E-state index in [2.05, 4.69) is 17.3 Å². The van der Waals surface area contributed by atoms with Crippen LogP contribution in [0.25, 0.3) is 0 Å². The van der Waals surface area contributed by atoms with Crippen LogP contribution in [0.4, 0.5) is 0 Å². The van der Waals surface area contributed by atoms with Crippen molar-refractivity contribution in [2.24, 2.45) is 7.05 Å². The van der Waals surface area contributed by atoms with E-state index in [0.29, 0.717) is 0 Å². The van der Waals surface area contributed by atoms with Gasteiger partial charge in [0.1, 0.15) is 0 Å². The number of nitrogens with zero attached hydrogens (tertiary/aromatic N) is 2. The molecule has 0 aliphatic carbocycles. The van der Waals surface area contributed by atoms with Gasteiger partial charge in [0.2, 0.25) is 0 Å². The van der Waals surface area contributed by atoms with Crippen LogP contribution in [0.5, 0.6) is 0 Å². The van der Waals surface area contributed by atoms with Crippen molar-refractivity contribution in [2.75, 3.05) is 13.7 Å². The fourth-order valence-electron chi connectivity index (χ4n) is 1.99. The Bertz CT molecular complexity index is 365. The molecule has 2 unspecified atom stereocenters. The number of halogens is 1. The van der Waals surface area contributed by atoms with Crippen molar-refractivity contribution in [2.45, 2.75) is 39.3 Å². The van der Waals surface area contributed by atoms with Crippen LogP contribution in [0.15, 0.2) is 0 Å². The average molecular weight is 260 g/mol. The zero-order valence-corrected chi connectivity index (χ0v) is 12.0. The van der Waals surface area contributed by atoms with Crippen LogP contribution in [0.3, 0.4) is 0 Å². The van der Waals surface area contributed by atoms with Gasteiger partial charge in [-0.3, -0.25) is 4.68 Å². The summed E-state index contributed by atoms with van der Waals surface area (Å²) >= 11 is 6.24. The minimum atomic E-state index is 0.149. The first-order valence-corrected chi connectivity index (χ1v) is 6.35. The van der Waals surface area contributed by atoms with E-state index in [1.54, 1.807) is 0 Å². The first kappa shape index (κ1) is 14.5. The zero-order valence-electron chi connectivity index (χ0n) is 11.2. The van der Waals surface area contributed by atoms with E-state index in [4.69, 9.17) is 16.3 Å². The highest BCUT2D eigenvalue weighted by Gasteiger charge is 2.20. The number of hydrogen-bond donors (Lipinski definition) is 1. The molecule has 5 heteroatoms. The van der Waals surface area contributed by atoms with E-state index in [1.807, 2.05) is 32.6 Å². The third-order valence-corrected chi connectivity index (χ3v) is 3.53. The van der Waals surface area contributed by atoms with E-state index in [9.17, 15) is 0 Å². The van der Waals surface area contributed by atoms with Gasteiger partial charge in [-0.1, -0.05) is 11.6 Å². The third kappa shape index (κ3) is 3.44. The molecule has 0 aliphatic heterocycles. The number of ether oxygens (including phenoxy) is 1. The minimum absolute atomic E-state index is 0.149. The van der Waals surface area contributed by atoms with Crippen LogP contribution < -0.4 is 5.32 Å². The lowest BCUT2D eigenvalue weighted by molar-refractivity contribution is 0.0492. The van der Waals surface area contributed by atoms with Gasteiger partial charge in [-0.15, -0.1) is 0 Å². The Morgan fingerprint density at radius 2 is 2.18 bits per heavy atom. The molecule has 1 rings (SSSR count). The summed E-state index contributed by atoms with van der Waals surface area (Å²) in [6.07, 6.45) is 0.963. The predicted octanol–water partition coefficient (Wildman–Crippen LogP) is 1.94. The third-order valence-electron chi connectivity index (χ3n) is 3.04. The second-order valence-corrected chi connectivity index (χ2v) is 4.61. The number of likely N-dealkylation sites (N-methyl/N-ethyl adjacent to an activating group) is 1. The normalized spacial score (nSPS) is 14.9. The maximum absolute atomic E-state index is 6.24. The van der Waals surface area contributed by atoms with E-state index in [1.165, 1.54) is 0 Å². The van der Waals surface area contributed by atoms with Crippen LogP contribution >= 0.6 is 11.6 Å². The fourth-order valence-corrected chi connectivity index (χ4v) is 2.23. The van der Waals surface area contributed by atoms with Gasteiger partial charge in [-0.25, -0.2) is 0 Å². The van der Waals surface area contributed by atoms with Gasteiger partial charge in [0.25, 0.3) is 0 Å². The van der Waals surface area contributed by atoms with Crippen LogP contribution in [0, 0.1) is 6.92 Å². The van der Waals surface area contributed by atoms with Gasteiger partial charge < -0.3 is 10.1 Å². The summed E-state index contributed by atoms with van der Waals surface area (Å²) in [5, 5.41) is 8.35. The quantitative estimate of drug-likeness (QED) is 0.849. The largest absolute Gasteiger partial charge is 0.377 e. The number of aryl methyl sites for hydroxylation is 2. The zero-order chi connectivity index (χ0) is 13.0. The molecule has 98 valence electrons. The molecule has 0 aromatic carbocycles. The van der Waals surface area contributed by atoms with Gasteiger partial charge in [0.15, 0.2) is 0 Å². The van der Waals surface area contributed by atoms with Crippen LogP contribution in [-0.4, -0.2) is 35.6 Å². The van der Waals surface area contributed by atoms with Crippen LogP contribution in [-0.2, 0) is 18.2 Å². The van der Waals surface area contributed by atoms with Crippen LogP contribution in [0.1, 0.15) is 25.2 Å². The lowest BCUT2D eigenvalue weighted by atomic mass is 10.1. The summed E-state index contributed by atoms with van der Waals surface area (Å²) in [7, 11) is 3.86. The van der Waals surface area contributed by atoms with Crippen LogP contribution in [0.2, 0.25) is 5.02 Å². The lowest BCUT2D eigenvalue weighted by Crippen LogP contribution is -2.39. The highest BCUT2D eigenvalue weighted by atomic mass is 35.5. The number of rotatable bonds is 6. The lowest BCUT2D eigenvalue weighted by Gasteiger charge is -2.23. The molecular weight excluding hydrogens is 238 g/mol. The Morgan fingerprint density at radius 1 is 1.53 bits per heavy atom. The van der Waals surface area contributed by atoms with E-state index in [-0.39, 0.29) is 12.1 Å². The first-order valence-electron chi connectivity index (χ1n) is 5.98. The number of nitrogens with one attached hydrogen (secondary N) is 1. The van der Waals surface area contributed by atoms with Crippen molar-refractivity contribution >= 4 is 11.6 Å². The molecule has 1 aromatic rings. The Labute approximate surface area is 108 Å². The van der Waals surface area contributed by atoms with Gasteiger partial charge in [0.05, 0.1) is 22.5 Å². The van der Waals surface area contributed by atoms with Crippen molar-refractivity contribution in [3.63, 3.8) is 0 Å². The summed E-state index contributed by atoms with van der Waals surface area (Å²) in [5.41, 5.74) is 1.93. The smallest absolute Gasteiger partial charge is 0.0847 e. The second kappa shape index (κ2) is 6.38. The highest BCUT2D eigenvalue weighted by molar-refractivity contribution is 6.31. The van der Waals surface area contributed by atoms with Crippen molar-refractivity contribution in [1.82, 2.24) is 15.1 Å². The van der Waals surface area contributed by atoms with E-state index < -0.39 is 0 Å². The Morgan fingerprint density at radius 3 is 2.59 bits per heavy atom. The molecule has 1 heterocycles. The van der Waals surface area contributed by atoms with E-state index in [0.717, 1.165) is 29.4 Å². The highest BCUT2D eigenvalue weighted by Crippen LogP contribution is 2.21. The second-order valence-electron chi connectivity index (χ2n) is 4.23. The molecule has 0 saturated heterocycles. The molecule has 0 radical (unpaired) electrons. The summed E-state index contributed by atoms with van der Waals surface area (Å²) in [4.78, 5) is 0. The molecule has 0 aliphatic rings. The summed E-state index contributed by atoms with van der Waals surface area (Å²) in [6, 6.07) is 0.238. The Kier molecular flexibility index (Phi) is 5.43. The molecule has 1 N–H and O–H groups in total. The van der Waals surface area contributed by atoms with Crippen molar-refractivity contribution in [3.8, 4) is 0 Å². The summed E-state index contributed by atoms with van der Waals surface area (Å²) in [6.45, 7) is 6.72. The molecule has 2 atom stereocenters. The molecule has 1 aromatic heterocycles. The first-order chi connectivity index (χ1) is 8.01. The standard InChI is InChI=1S/C12H22ClN3O/c1-6-17-9(3)10(14-4)7-11-12(13)8(2)15-16(11)5/h9-10,14H,6-7H2,1-5H3. The predicted molar refractivity (Wildman–Crippen MR) is 70.6 cm³/mol.